The number of hydrogen-bond acceptors (Lipinski definition) is 2. The summed E-state index contributed by atoms with van der Waals surface area (Å²) in [5.41, 5.74) is 0. The first-order valence-corrected chi connectivity index (χ1v) is 5.01. The smallest absolute Gasteiger partial charge is 0.175 e. The first-order valence-electron chi connectivity index (χ1n) is 2.40. The first-order chi connectivity index (χ1) is 4.54. The Hall–Kier alpha value is 1.18. The summed E-state index contributed by atoms with van der Waals surface area (Å²) in [4.78, 5) is 2.24. The Bertz CT molecular complexity index is 171. The molecule has 10 heavy (non-hydrogen) atoms. The van der Waals surface area contributed by atoms with Crippen molar-refractivity contribution in [3.05, 3.63) is 0 Å². The van der Waals surface area contributed by atoms with Crippen LogP contribution in [0.2, 0.25) is 0 Å². The molecule has 1 rings (SSSR count). The average Bonchev–Trinajstić information content (AvgIpc) is 2.13. The van der Waals surface area contributed by atoms with Crippen LogP contribution in [0.1, 0.15) is 0 Å². The highest BCUT2D eigenvalue weighted by molar-refractivity contribution is 8.17. The third kappa shape index (κ3) is 1.86. The highest BCUT2D eigenvalue weighted by Crippen LogP contribution is 2.39. The van der Waals surface area contributed by atoms with Gasteiger partial charge in [-0.05, 0) is 0 Å². The van der Waals surface area contributed by atoms with Crippen LogP contribution in [-0.2, 0) is 0 Å². The average molecular weight is 239 g/mol. The molecule has 1 heterocycles. The molecule has 0 aromatic carbocycles. The molecule has 0 aliphatic carbocycles. The van der Waals surface area contributed by atoms with Gasteiger partial charge in [-0.3, -0.25) is 0 Å². The van der Waals surface area contributed by atoms with Crippen LogP contribution >= 0.6 is 58.2 Å². The van der Waals surface area contributed by atoms with Gasteiger partial charge < -0.3 is 0 Å². The van der Waals surface area contributed by atoms with E-state index in [1.165, 1.54) is 11.8 Å². The lowest BCUT2D eigenvalue weighted by Crippen LogP contribution is -2.26. The van der Waals surface area contributed by atoms with Crippen molar-refractivity contribution in [2.75, 3.05) is 5.75 Å². The summed E-state index contributed by atoms with van der Waals surface area (Å²) in [7, 11) is 0. The standard InChI is InChI=1S/C4H3Cl4NS/c5-2(6)4(8)1-10-3(7)9-4/h2H,1H2. The van der Waals surface area contributed by atoms with Crippen molar-refractivity contribution in [3.8, 4) is 0 Å². The Kier molecular flexibility index (Phi) is 3.04. The van der Waals surface area contributed by atoms with Gasteiger partial charge in [-0.25, -0.2) is 4.99 Å². The topological polar surface area (TPSA) is 12.4 Å². The fourth-order valence-electron chi connectivity index (χ4n) is 0.483. The zero-order chi connectivity index (χ0) is 7.78. The van der Waals surface area contributed by atoms with Crippen LogP contribution in [0.15, 0.2) is 4.99 Å². The third-order valence-corrected chi connectivity index (χ3v) is 3.87. The molecular formula is C4H3Cl4NS. The van der Waals surface area contributed by atoms with E-state index >= 15 is 0 Å². The summed E-state index contributed by atoms with van der Waals surface area (Å²) in [6.45, 7) is 0. The van der Waals surface area contributed by atoms with Crippen molar-refractivity contribution in [3.63, 3.8) is 0 Å². The predicted molar refractivity (Wildman–Crippen MR) is 49.8 cm³/mol. The number of thioether (sulfide) groups is 1. The monoisotopic (exact) mass is 237 g/mol. The van der Waals surface area contributed by atoms with Gasteiger partial charge in [0.25, 0.3) is 0 Å². The van der Waals surface area contributed by atoms with Gasteiger partial charge in [-0.2, -0.15) is 0 Å². The van der Waals surface area contributed by atoms with Crippen molar-refractivity contribution in [1.29, 1.82) is 0 Å². The highest BCUT2D eigenvalue weighted by Gasteiger charge is 2.39. The molecule has 0 aromatic heterocycles. The molecular weight excluding hydrogens is 236 g/mol. The Balaban J connectivity index is 2.72. The molecule has 0 radical (unpaired) electrons. The maximum Gasteiger partial charge on any atom is 0.175 e. The normalized spacial score (nSPS) is 33.1. The lowest BCUT2D eigenvalue weighted by molar-refractivity contribution is 0.746. The number of alkyl halides is 3. The van der Waals surface area contributed by atoms with Crippen molar-refractivity contribution in [1.82, 2.24) is 0 Å². The van der Waals surface area contributed by atoms with Crippen LogP contribution in [0.25, 0.3) is 0 Å². The summed E-state index contributed by atoms with van der Waals surface area (Å²) in [6, 6.07) is 0. The number of nitrogens with zero attached hydrogens (tertiary/aromatic N) is 1. The fraction of sp³-hybridized carbons (Fsp3) is 0.750. The molecule has 6 heteroatoms. The summed E-state index contributed by atoms with van der Waals surface area (Å²) in [6.07, 6.45) is 0. The molecule has 0 fully saturated rings. The van der Waals surface area contributed by atoms with Crippen LogP contribution < -0.4 is 0 Å². The van der Waals surface area contributed by atoms with Gasteiger partial charge in [-0.15, -0.1) is 23.2 Å². The summed E-state index contributed by atoms with van der Waals surface area (Å²) in [5, 5.41) is 0. The summed E-state index contributed by atoms with van der Waals surface area (Å²) < 4.78 is 0.418. The summed E-state index contributed by atoms with van der Waals surface area (Å²) in [5.74, 6) is 0.533. The van der Waals surface area contributed by atoms with Crippen LogP contribution in [0.3, 0.4) is 0 Å². The molecule has 1 atom stereocenters. The van der Waals surface area contributed by atoms with E-state index < -0.39 is 9.83 Å². The van der Waals surface area contributed by atoms with Gasteiger partial charge in [0, 0.05) is 5.75 Å². The Labute approximate surface area is 83.1 Å². The van der Waals surface area contributed by atoms with Crippen molar-refractivity contribution in [2.24, 2.45) is 4.99 Å². The van der Waals surface area contributed by atoms with Crippen molar-refractivity contribution >= 4 is 62.7 Å². The van der Waals surface area contributed by atoms with E-state index in [0.717, 1.165) is 0 Å². The van der Waals surface area contributed by atoms with Crippen LogP contribution in [0, 0.1) is 0 Å². The SMILES string of the molecule is ClC1=NC(Cl)(C(Cl)Cl)CS1. The molecule has 58 valence electrons. The highest BCUT2D eigenvalue weighted by atomic mass is 35.5. The molecule has 0 N–H and O–H groups in total. The predicted octanol–water partition coefficient (Wildman–Crippen LogP) is 3.07. The van der Waals surface area contributed by atoms with Gasteiger partial charge in [0.05, 0.1) is 0 Å². The Morgan fingerprint density at radius 3 is 2.40 bits per heavy atom. The van der Waals surface area contributed by atoms with Gasteiger partial charge in [0.15, 0.2) is 9.50 Å². The second kappa shape index (κ2) is 3.28. The second-order valence-corrected chi connectivity index (χ2v) is 5.07. The first kappa shape index (κ1) is 9.27. The molecule has 1 unspecified atom stereocenters. The van der Waals surface area contributed by atoms with E-state index in [-0.39, 0.29) is 0 Å². The molecule has 1 nitrogen and oxygen atoms in total. The maximum absolute atomic E-state index is 5.84. The Morgan fingerprint density at radius 1 is 1.60 bits per heavy atom. The van der Waals surface area contributed by atoms with Gasteiger partial charge in [-0.1, -0.05) is 35.0 Å². The largest absolute Gasteiger partial charge is 0.240 e. The van der Waals surface area contributed by atoms with Crippen LogP contribution in [0.4, 0.5) is 0 Å². The van der Waals surface area contributed by atoms with E-state index in [4.69, 9.17) is 46.4 Å². The third-order valence-electron chi connectivity index (χ3n) is 1.00. The molecule has 1 aliphatic heterocycles. The zero-order valence-electron chi connectivity index (χ0n) is 4.65. The number of halogens is 4. The van der Waals surface area contributed by atoms with Crippen LogP contribution in [0.5, 0.6) is 0 Å². The number of hydrogen-bond donors (Lipinski definition) is 0. The lowest BCUT2D eigenvalue weighted by Gasteiger charge is -2.16. The fourth-order valence-corrected chi connectivity index (χ4v) is 2.35. The molecule has 0 saturated carbocycles. The maximum atomic E-state index is 5.84. The second-order valence-electron chi connectivity index (χ2n) is 1.77. The molecule has 0 amide bonds. The van der Waals surface area contributed by atoms with E-state index in [1.807, 2.05) is 0 Å². The van der Waals surface area contributed by atoms with E-state index in [2.05, 4.69) is 4.99 Å². The van der Waals surface area contributed by atoms with E-state index in [0.29, 0.717) is 10.3 Å². The van der Waals surface area contributed by atoms with Crippen molar-refractivity contribution in [2.45, 2.75) is 9.83 Å². The molecule has 0 aromatic rings. The summed E-state index contributed by atoms with van der Waals surface area (Å²) >= 11 is 23.8. The molecule has 1 aliphatic rings. The minimum Gasteiger partial charge on any atom is -0.240 e. The number of rotatable bonds is 1. The molecule has 0 bridgehead atoms. The lowest BCUT2D eigenvalue weighted by atomic mass is 10.4. The molecule has 0 saturated heterocycles. The van der Waals surface area contributed by atoms with Crippen LogP contribution in [-0.4, -0.2) is 20.1 Å². The number of aliphatic imine (C=N–C) groups is 1. The van der Waals surface area contributed by atoms with E-state index in [1.54, 1.807) is 0 Å². The molecule has 0 spiro atoms. The van der Waals surface area contributed by atoms with E-state index in [9.17, 15) is 0 Å². The van der Waals surface area contributed by atoms with Gasteiger partial charge in [0.2, 0.25) is 0 Å². The Morgan fingerprint density at radius 2 is 2.20 bits per heavy atom. The quantitative estimate of drug-likeness (QED) is 0.505. The minimum absolute atomic E-state index is 0.418. The zero-order valence-corrected chi connectivity index (χ0v) is 8.49. The minimum atomic E-state index is -0.912. The van der Waals surface area contributed by atoms with Gasteiger partial charge >= 0.3 is 0 Å². The van der Waals surface area contributed by atoms with Crippen molar-refractivity contribution < 1.29 is 0 Å². The van der Waals surface area contributed by atoms with Gasteiger partial charge in [0.1, 0.15) is 4.84 Å².